The van der Waals surface area contributed by atoms with E-state index in [1.807, 2.05) is 31.2 Å². The third-order valence-electron chi connectivity index (χ3n) is 2.59. The van der Waals surface area contributed by atoms with Crippen molar-refractivity contribution in [2.45, 2.75) is 19.8 Å². The Morgan fingerprint density at radius 1 is 1.41 bits per heavy atom. The Hall–Kier alpha value is -1.61. The summed E-state index contributed by atoms with van der Waals surface area (Å²) in [6.45, 7) is 1.84. The van der Waals surface area contributed by atoms with Crippen LogP contribution in [0.25, 0.3) is 0 Å². The minimum absolute atomic E-state index is 0.504. The number of H-pyrrole nitrogens is 1. The summed E-state index contributed by atoms with van der Waals surface area (Å²) in [4.78, 5) is 18.0. The minimum Gasteiger partial charge on any atom is -0.345 e. The van der Waals surface area contributed by atoms with Gasteiger partial charge in [-0.25, -0.2) is 4.98 Å². The third-order valence-corrected chi connectivity index (χ3v) is 2.83. The monoisotopic (exact) mass is 248 g/mol. The van der Waals surface area contributed by atoms with E-state index in [1.165, 1.54) is 0 Å². The van der Waals surface area contributed by atoms with Crippen LogP contribution in [0.1, 0.15) is 27.6 Å². The average molecular weight is 249 g/mol. The van der Waals surface area contributed by atoms with Crippen LogP contribution in [0.4, 0.5) is 0 Å². The second kappa shape index (κ2) is 5.15. The standard InChI is InChI=1S/C13H13ClN2O/c1-9-15-12(13(8-17)16-9)6-5-10-3-2-4-11(14)7-10/h2-4,7-8H,5-6H2,1H3,(H,15,16). The topological polar surface area (TPSA) is 45.8 Å². The summed E-state index contributed by atoms with van der Waals surface area (Å²) >= 11 is 5.91. The molecule has 4 heteroatoms. The molecule has 0 unspecified atom stereocenters. The van der Waals surface area contributed by atoms with Crippen molar-refractivity contribution < 1.29 is 4.79 Å². The number of carbonyl (C=O) groups is 1. The lowest BCUT2D eigenvalue weighted by molar-refractivity contribution is 0.111. The first kappa shape index (κ1) is 11.9. The van der Waals surface area contributed by atoms with Gasteiger partial charge in [-0.1, -0.05) is 23.7 Å². The lowest BCUT2D eigenvalue weighted by atomic mass is 10.1. The zero-order valence-electron chi connectivity index (χ0n) is 9.53. The van der Waals surface area contributed by atoms with Gasteiger partial charge in [-0.3, -0.25) is 4.79 Å². The summed E-state index contributed by atoms with van der Waals surface area (Å²) < 4.78 is 0. The van der Waals surface area contributed by atoms with Gasteiger partial charge in [-0.05, 0) is 37.5 Å². The Kier molecular flexibility index (Phi) is 3.59. The summed E-state index contributed by atoms with van der Waals surface area (Å²) in [5, 5.41) is 0.735. The number of aldehydes is 1. The molecule has 17 heavy (non-hydrogen) atoms. The number of aryl methyl sites for hydroxylation is 3. The fraction of sp³-hybridized carbons (Fsp3) is 0.231. The molecule has 2 rings (SSSR count). The molecule has 0 radical (unpaired) electrons. The number of benzene rings is 1. The number of aromatic amines is 1. The SMILES string of the molecule is Cc1nc(C=O)c(CCc2cccc(Cl)c2)[nH]1. The maximum atomic E-state index is 10.8. The van der Waals surface area contributed by atoms with Crippen molar-refractivity contribution in [2.75, 3.05) is 0 Å². The maximum Gasteiger partial charge on any atom is 0.170 e. The van der Waals surface area contributed by atoms with E-state index in [9.17, 15) is 4.79 Å². The second-order valence-electron chi connectivity index (χ2n) is 3.93. The molecule has 2 aromatic rings. The predicted octanol–water partition coefficient (Wildman–Crippen LogP) is 2.97. The molecule has 0 aliphatic heterocycles. The average Bonchev–Trinajstić information content (AvgIpc) is 2.67. The minimum atomic E-state index is 0.504. The van der Waals surface area contributed by atoms with Crippen LogP contribution in [0.5, 0.6) is 0 Å². The van der Waals surface area contributed by atoms with Gasteiger partial charge in [0.1, 0.15) is 11.5 Å². The maximum absolute atomic E-state index is 10.8. The van der Waals surface area contributed by atoms with Crippen molar-refractivity contribution in [3.05, 3.63) is 52.1 Å². The normalized spacial score (nSPS) is 10.5. The quantitative estimate of drug-likeness (QED) is 0.846. The lowest BCUT2D eigenvalue weighted by Crippen LogP contribution is -1.95. The Morgan fingerprint density at radius 2 is 2.24 bits per heavy atom. The molecule has 3 nitrogen and oxygen atoms in total. The van der Waals surface area contributed by atoms with Gasteiger partial charge >= 0.3 is 0 Å². The molecule has 88 valence electrons. The second-order valence-corrected chi connectivity index (χ2v) is 4.37. The van der Waals surface area contributed by atoms with Crippen LogP contribution in [-0.2, 0) is 12.8 Å². The van der Waals surface area contributed by atoms with Crippen molar-refractivity contribution in [3.63, 3.8) is 0 Å². The molecule has 0 amide bonds. The molecule has 0 aliphatic carbocycles. The predicted molar refractivity (Wildman–Crippen MR) is 67.6 cm³/mol. The van der Waals surface area contributed by atoms with Crippen LogP contribution in [0.3, 0.4) is 0 Å². The van der Waals surface area contributed by atoms with Gasteiger partial charge in [0.15, 0.2) is 6.29 Å². The zero-order valence-corrected chi connectivity index (χ0v) is 10.3. The lowest BCUT2D eigenvalue weighted by Gasteiger charge is -2.01. The van der Waals surface area contributed by atoms with Crippen LogP contribution >= 0.6 is 11.6 Å². The Bertz CT molecular complexity index is 534. The first-order chi connectivity index (χ1) is 8.19. The Balaban J connectivity index is 2.09. The first-order valence-corrected chi connectivity index (χ1v) is 5.82. The van der Waals surface area contributed by atoms with Gasteiger partial charge in [0.25, 0.3) is 0 Å². The molecule has 1 aromatic heterocycles. The van der Waals surface area contributed by atoms with Gasteiger partial charge in [-0.2, -0.15) is 0 Å². The highest BCUT2D eigenvalue weighted by Crippen LogP contribution is 2.13. The summed E-state index contributed by atoms with van der Waals surface area (Å²) in [5.74, 6) is 0.771. The molecule has 0 bridgehead atoms. The van der Waals surface area contributed by atoms with Crippen LogP contribution < -0.4 is 0 Å². The van der Waals surface area contributed by atoms with Crippen LogP contribution in [0.2, 0.25) is 5.02 Å². The van der Waals surface area contributed by atoms with Crippen LogP contribution in [0.15, 0.2) is 24.3 Å². The third kappa shape index (κ3) is 2.94. The van der Waals surface area contributed by atoms with E-state index in [2.05, 4.69) is 9.97 Å². The molecule has 1 heterocycles. The van der Waals surface area contributed by atoms with E-state index >= 15 is 0 Å². The van der Waals surface area contributed by atoms with Gasteiger partial charge in [0, 0.05) is 10.7 Å². The van der Waals surface area contributed by atoms with Crippen LogP contribution in [0, 0.1) is 6.92 Å². The highest BCUT2D eigenvalue weighted by atomic mass is 35.5. The molecular weight excluding hydrogens is 236 g/mol. The van der Waals surface area contributed by atoms with Gasteiger partial charge < -0.3 is 4.98 Å². The van der Waals surface area contributed by atoms with E-state index < -0.39 is 0 Å². The largest absolute Gasteiger partial charge is 0.345 e. The van der Waals surface area contributed by atoms with Gasteiger partial charge in [0.2, 0.25) is 0 Å². The number of aromatic nitrogens is 2. The fourth-order valence-electron chi connectivity index (χ4n) is 1.81. The van der Waals surface area contributed by atoms with Crippen molar-refractivity contribution >= 4 is 17.9 Å². The van der Waals surface area contributed by atoms with Crippen molar-refractivity contribution in [1.82, 2.24) is 9.97 Å². The zero-order chi connectivity index (χ0) is 12.3. The van der Waals surface area contributed by atoms with E-state index in [-0.39, 0.29) is 0 Å². The first-order valence-electron chi connectivity index (χ1n) is 5.44. The summed E-state index contributed by atoms with van der Waals surface area (Å²) in [5.41, 5.74) is 2.55. The fourth-order valence-corrected chi connectivity index (χ4v) is 2.02. The van der Waals surface area contributed by atoms with Crippen molar-refractivity contribution in [2.24, 2.45) is 0 Å². The van der Waals surface area contributed by atoms with Crippen molar-refractivity contribution in [1.29, 1.82) is 0 Å². The van der Waals surface area contributed by atoms with E-state index in [0.717, 1.165) is 41.2 Å². The van der Waals surface area contributed by atoms with Gasteiger partial charge in [-0.15, -0.1) is 0 Å². The van der Waals surface area contributed by atoms with E-state index in [4.69, 9.17) is 11.6 Å². The molecule has 0 saturated heterocycles. The van der Waals surface area contributed by atoms with Crippen LogP contribution in [-0.4, -0.2) is 16.3 Å². The molecule has 0 atom stereocenters. The van der Waals surface area contributed by atoms with E-state index in [1.54, 1.807) is 0 Å². The van der Waals surface area contributed by atoms with E-state index in [0.29, 0.717) is 5.69 Å². The molecule has 0 fully saturated rings. The Morgan fingerprint density at radius 3 is 2.94 bits per heavy atom. The number of imidazole rings is 1. The number of nitrogens with zero attached hydrogens (tertiary/aromatic N) is 1. The highest BCUT2D eigenvalue weighted by Gasteiger charge is 2.07. The number of hydrogen-bond donors (Lipinski definition) is 1. The molecule has 1 N–H and O–H groups in total. The molecular formula is C13H13ClN2O. The molecule has 0 saturated carbocycles. The molecule has 0 spiro atoms. The number of rotatable bonds is 4. The number of nitrogens with one attached hydrogen (secondary N) is 1. The molecule has 1 aromatic carbocycles. The summed E-state index contributed by atoms with van der Waals surface area (Å²) in [6, 6.07) is 7.74. The molecule has 0 aliphatic rings. The Labute approximate surface area is 105 Å². The van der Waals surface area contributed by atoms with Gasteiger partial charge in [0.05, 0.1) is 0 Å². The summed E-state index contributed by atoms with van der Waals surface area (Å²) in [6.07, 6.45) is 2.38. The smallest absolute Gasteiger partial charge is 0.170 e. The summed E-state index contributed by atoms with van der Waals surface area (Å²) in [7, 11) is 0. The highest BCUT2D eigenvalue weighted by molar-refractivity contribution is 6.30. The number of hydrogen-bond acceptors (Lipinski definition) is 2. The number of halogens is 1. The van der Waals surface area contributed by atoms with Crippen molar-refractivity contribution in [3.8, 4) is 0 Å². The number of carbonyl (C=O) groups excluding carboxylic acids is 1.